The number of benzene rings is 1. The lowest BCUT2D eigenvalue weighted by Crippen LogP contribution is -1.98. The standard InChI is InChI=1S/C18H13FN4O/c1-10-6-7-21-14-3-2-11(8-12(10)14)13-9-22-18(20)23-17(13)15-4-5-16(19)24-15/h2-9H,1H3,(H2,20,22,23). The first-order valence-corrected chi connectivity index (χ1v) is 7.36. The second-order valence-corrected chi connectivity index (χ2v) is 5.45. The van der Waals surface area contributed by atoms with Crippen LogP contribution >= 0.6 is 0 Å². The summed E-state index contributed by atoms with van der Waals surface area (Å²) in [6.45, 7) is 2.02. The van der Waals surface area contributed by atoms with Crippen LogP contribution in [0.4, 0.5) is 10.3 Å². The summed E-state index contributed by atoms with van der Waals surface area (Å²) in [5, 5.41) is 1.03. The predicted octanol–water partition coefficient (Wildman–Crippen LogP) is 3.98. The smallest absolute Gasteiger partial charge is 0.278 e. The predicted molar refractivity (Wildman–Crippen MR) is 89.6 cm³/mol. The fourth-order valence-electron chi connectivity index (χ4n) is 2.69. The molecular weight excluding hydrogens is 307 g/mol. The molecule has 1 aromatic carbocycles. The van der Waals surface area contributed by atoms with Gasteiger partial charge in [-0.25, -0.2) is 9.97 Å². The summed E-state index contributed by atoms with van der Waals surface area (Å²) in [4.78, 5) is 12.6. The molecule has 0 bridgehead atoms. The van der Waals surface area contributed by atoms with Crippen molar-refractivity contribution in [3.05, 3.63) is 60.4 Å². The monoisotopic (exact) mass is 320 g/mol. The van der Waals surface area contributed by atoms with Crippen molar-refractivity contribution in [3.8, 4) is 22.6 Å². The minimum absolute atomic E-state index is 0.101. The number of fused-ring (bicyclic) bond motifs is 1. The number of hydrogen-bond acceptors (Lipinski definition) is 5. The molecule has 0 aliphatic heterocycles. The largest absolute Gasteiger partial charge is 0.429 e. The molecule has 0 fully saturated rings. The van der Waals surface area contributed by atoms with Gasteiger partial charge in [-0.05, 0) is 42.3 Å². The van der Waals surface area contributed by atoms with Crippen molar-refractivity contribution in [1.29, 1.82) is 0 Å². The van der Waals surface area contributed by atoms with Gasteiger partial charge in [-0.1, -0.05) is 6.07 Å². The van der Waals surface area contributed by atoms with Crippen LogP contribution in [0.3, 0.4) is 0 Å². The number of nitrogens with two attached hydrogens (primary N) is 1. The van der Waals surface area contributed by atoms with Crippen LogP contribution in [0.5, 0.6) is 0 Å². The summed E-state index contributed by atoms with van der Waals surface area (Å²) in [7, 11) is 0. The van der Waals surface area contributed by atoms with E-state index in [1.54, 1.807) is 12.4 Å². The normalized spacial score (nSPS) is 11.1. The van der Waals surface area contributed by atoms with E-state index in [0.29, 0.717) is 17.0 Å². The molecule has 0 aliphatic carbocycles. The Balaban J connectivity index is 1.95. The number of aromatic nitrogens is 3. The molecule has 3 aromatic heterocycles. The Morgan fingerprint density at radius 1 is 1.08 bits per heavy atom. The zero-order valence-corrected chi connectivity index (χ0v) is 12.8. The van der Waals surface area contributed by atoms with Gasteiger partial charge in [0.05, 0.1) is 5.52 Å². The second kappa shape index (κ2) is 5.42. The van der Waals surface area contributed by atoms with Crippen molar-refractivity contribution >= 4 is 16.9 Å². The van der Waals surface area contributed by atoms with Crippen molar-refractivity contribution < 1.29 is 8.81 Å². The van der Waals surface area contributed by atoms with E-state index in [1.807, 2.05) is 31.2 Å². The van der Waals surface area contributed by atoms with E-state index in [9.17, 15) is 4.39 Å². The summed E-state index contributed by atoms with van der Waals surface area (Å²) in [5.74, 6) is 0.406. The zero-order chi connectivity index (χ0) is 16.7. The summed E-state index contributed by atoms with van der Waals surface area (Å²) in [6, 6.07) is 9.91. The van der Waals surface area contributed by atoms with E-state index in [4.69, 9.17) is 10.2 Å². The summed E-state index contributed by atoms with van der Waals surface area (Å²) >= 11 is 0. The highest BCUT2D eigenvalue weighted by molar-refractivity contribution is 5.89. The van der Waals surface area contributed by atoms with Crippen molar-refractivity contribution in [3.63, 3.8) is 0 Å². The summed E-state index contributed by atoms with van der Waals surface area (Å²) in [6.07, 6.45) is 3.39. The number of aryl methyl sites for hydroxylation is 1. The average molecular weight is 320 g/mol. The average Bonchev–Trinajstić information content (AvgIpc) is 3.01. The van der Waals surface area contributed by atoms with Gasteiger partial charge in [0, 0.05) is 29.4 Å². The maximum atomic E-state index is 13.3. The van der Waals surface area contributed by atoms with Gasteiger partial charge in [-0.3, -0.25) is 4.98 Å². The van der Waals surface area contributed by atoms with Gasteiger partial charge in [0.1, 0.15) is 5.69 Å². The van der Waals surface area contributed by atoms with Gasteiger partial charge in [0.25, 0.3) is 6.01 Å². The number of furan rings is 1. The highest BCUT2D eigenvalue weighted by atomic mass is 19.1. The van der Waals surface area contributed by atoms with Crippen LogP contribution in [0.2, 0.25) is 0 Å². The van der Waals surface area contributed by atoms with Crippen LogP contribution in [0.1, 0.15) is 5.56 Å². The molecule has 0 saturated heterocycles. The van der Waals surface area contributed by atoms with Crippen LogP contribution in [0, 0.1) is 12.9 Å². The highest BCUT2D eigenvalue weighted by Gasteiger charge is 2.15. The van der Waals surface area contributed by atoms with Crippen LogP contribution in [0.15, 0.2) is 53.2 Å². The maximum Gasteiger partial charge on any atom is 0.278 e. The Bertz CT molecular complexity index is 1060. The Kier molecular flexibility index (Phi) is 3.23. The number of nitrogens with zero attached hydrogens (tertiary/aromatic N) is 3. The molecule has 118 valence electrons. The third-order valence-corrected chi connectivity index (χ3v) is 3.88. The summed E-state index contributed by atoms with van der Waals surface area (Å²) in [5.41, 5.74) is 9.76. The molecule has 4 rings (SSSR count). The van der Waals surface area contributed by atoms with Gasteiger partial charge in [0.2, 0.25) is 5.95 Å². The minimum Gasteiger partial charge on any atom is -0.429 e. The Labute approximate surface area is 137 Å². The molecule has 5 nitrogen and oxygen atoms in total. The zero-order valence-electron chi connectivity index (χ0n) is 12.8. The molecule has 0 unspecified atom stereocenters. The molecule has 2 N–H and O–H groups in total. The molecule has 0 radical (unpaired) electrons. The third kappa shape index (κ3) is 2.38. The minimum atomic E-state index is -0.674. The van der Waals surface area contributed by atoms with Gasteiger partial charge >= 0.3 is 0 Å². The van der Waals surface area contributed by atoms with E-state index < -0.39 is 6.01 Å². The Morgan fingerprint density at radius 2 is 1.96 bits per heavy atom. The first kappa shape index (κ1) is 14.3. The topological polar surface area (TPSA) is 77.8 Å². The molecule has 6 heteroatoms. The van der Waals surface area contributed by atoms with Crippen LogP contribution < -0.4 is 5.73 Å². The molecule has 0 amide bonds. The third-order valence-electron chi connectivity index (χ3n) is 3.88. The molecule has 4 aromatic rings. The molecule has 0 aliphatic rings. The lowest BCUT2D eigenvalue weighted by molar-refractivity contribution is 0.366. The molecule has 0 saturated carbocycles. The van der Waals surface area contributed by atoms with Gasteiger partial charge < -0.3 is 10.2 Å². The fraction of sp³-hybridized carbons (Fsp3) is 0.0556. The quantitative estimate of drug-likeness (QED) is 0.604. The van der Waals surface area contributed by atoms with Crippen molar-refractivity contribution in [2.24, 2.45) is 0 Å². The first-order chi connectivity index (χ1) is 11.6. The van der Waals surface area contributed by atoms with Crippen molar-refractivity contribution in [1.82, 2.24) is 15.0 Å². The van der Waals surface area contributed by atoms with Gasteiger partial charge in [-0.15, -0.1) is 0 Å². The number of rotatable bonds is 2. The first-order valence-electron chi connectivity index (χ1n) is 7.36. The molecular formula is C18H13FN4O. The van der Waals surface area contributed by atoms with Crippen LogP contribution in [0.25, 0.3) is 33.5 Å². The molecule has 24 heavy (non-hydrogen) atoms. The lowest BCUT2D eigenvalue weighted by atomic mass is 10.0. The molecule has 3 heterocycles. The number of pyridine rings is 1. The molecule has 0 spiro atoms. The van der Waals surface area contributed by atoms with E-state index in [2.05, 4.69) is 15.0 Å². The van der Waals surface area contributed by atoms with Crippen LogP contribution in [-0.2, 0) is 0 Å². The number of anilines is 1. The SMILES string of the molecule is Cc1ccnc2ccc(-c3cnc(N)nc3-c3ccc(F)o3)cc12. The van der Waals surface area contributed by atoms with E-state index in [-0.39, 0.29) is 5.95 Å². The number of nitrogen functional groups attached to an aromatic ring is 1. The second-order valence-electron chi connectivity index (χ2n) is 5.45. The fourth-order valence-corrected chi connectivity index (χ4v) is 2.69. The van der Waals surface area contributed by atoms with Crippen molar-refractivity contribution in [2.45, 2.75) is 6.92 Å². The van der Waals surface area contributed by atoms with Gasteiger partial charge in [-0.2, -0.15) is 4.39 Å². The van der Waals surface area contributed by atoms with E-state index in [0.717, 1.165) is 22.0 Å². The lowest BCUT2D eigenvalue weighted by Gasteiger charge is -2.09. The number of hydrogen-bond donors (Lipinski definition) is 1. The highest BCUT2D eigenvalue weighted by Crippen LogP contribution is 2.33. The van der Waals surface area contributed by atoms with E-state index >= 15 is 0 Å². The van der Waals surface area contributed by atoms with E-state index in [1.165, 1.54) is 12.1 Å². The van der Waals surface area contributed by atoms with Crippen LogP contribution in [-0.4, -0.2) is 15.0 Å². The van der Waals surface area contributed by atoms with Crippen molar-refractivity contribution in [2.75, 3.05) is 5.73 Å². The number of halogens is 1. The van der Waals surface area contributed by atoms with Gasteiger partial charge in [0.15, 0.2) is 5.76 Å². The Hall–Kier alpha value is -3.28. The summed E-state index contributed by atoms with van der Waals surface area (Å²) < 4.78 is 18.3. The maximum absolute atomic E-state index is 13.3. The molecule has 0 atom stereocenters. The Morgan fingerprint density at radius 3 is 2.75 bits per heavy atom.